The second-order valence-electron chi connectivity index (χ2n) is 5.32. The zero-order chi connectivity index (χ0) is 14.3. The van der Waals surface area contributed by atoms with Crippen LogP contribution in [0.25, 0.3) is 11.0 Å². The molecule has 0 saturated carbocycles. The van der Waals surface area contributed by atoms with E-state index < -0.39 is 10.0 Å². The summed E-state index contributed by atoms with van der Waals surface area (Å²) in [6.07, 6.45) is 3.97. The molecular formula is C13H18N4O2S. The van der Waals surface area contributed by atoms with Crippen LogP contribution in [-0.2, 0) is 10.0 Å². The average Bonchev–Trinajstić information content (AvgIpc) is 3.06. The van der Waals surface area contributed by atoms with Gasteiger partial charge < -0.3 is 10.7 Å². The predicted molar refractivity (Wildman–Crippen MR) is 76.6 cm³/mol. The minimum absolute atomic E-state index is 0.0137. The molecule has 2 unspecified atom stereocenters. The molecule has 3 N–H and O–H groups in total. The van der Waals surface area contributed by atoms with Gasteiger partial charge in [0.2, 0.25) is 10.0 Å². The number of sulfonamides is 1. The molecule has 1 aliphatic heterocycles. The van der Waals surface area contributed by atoms with E-state index in [1.807, 2.05) is 6.92 Å². The number of hydrogen-bond acceptors (Lipinski definition) is 4. The maximum absolute atomic E-state index is 12.7. The summed E-state index contributed by atoms with van der Waals surface area (Å²) in [6.45, 7) is 2.95. The van der Waals surface area contributed by atoms with Crippen molar-refractivity contribution in [1.82, 2.24) is 14.3 Å². The molecule has 0 aliphatic carbocycles. The van der Waals surface area contributed by atoms with E-state index in [4.69, 9.17) is 5.73 Å². The minimum Gasteiger partial charge on any atom is -0.345 e. The molecule has 7 heteroatoms. The third kappa shape index (κ3) is 2.11. The zero-order valence-electron chi connectivity index (χ0n) is 11.3. The molecule has 6 nitrogen and oxygen atoms in total. The van der Waals surface area contributed by atoms with Crippen molar-refractivity contribution in [3.8, 4) is 0 Å². The van der Waals surface area contributed by atoms with Gasteiger partial charge in [-0.2, -0.15) is 4.31 Å². The van der Waals surface area contributed by atoms with Gasteiger partial charge in [-0.15, -0.1) is 0 Å². The van der Waals surface area contributed by atoms with E-state index in [-0.39, 0.29) is 12.0 Å². The monoisotopic (exact) mass is 294 g/mol. The summed E-state index contributed by atoms with van der Waals surface area (Å²) in [4.78, 5) is 7.33. The molecule has 0 aromatic carbocycles. The Labute approximate surface area is 118 Å². The molecule has 108 valence electrons. The number of fused-ring (bicyclic) bond motifs is 1. The lowest BCUT2D eigenvalue weighted by Crippen LogP contribution is -2.33. The first-order valence-electron chi connectivity index (χ1n) is 6.68. The molecule has 3 rings (SSSR count). The lowest BCUT2D eigenvalue weighted by molar-refractivity contribution is 0.429. The fourth-order valence-corrected chi connectivity index (χ4v) is 4.35. The number of rotatable bonds is 3. The number of aromatic nitrogens is 2. The normalized spacial score (nSPS) is 22.4. The molecule has 0 spiro atoms. The van der Waals surface area contributed by atoms with Gasteiger partial charge in [-0.3, -0.25) is 0 Å². The maximum Gasteiger partial charge on any atom is 0.245 e. The number of nitrogens with two attached hydrogens (primary N) is 1. The van der Waals surface area contributed by atoms with Crippen LogP contribution in [0.5, 0.6) is 0 Å². The molecule has 1 saturated heterocycles. The second kappa shape index (κ2) is 4.83. The molecule has 0 bridgehead atoms. The second-order valence-corrected chi connectivity index (χ2v) is 7.23. The van der Waals surface area contributed by atoms with Gasteiger partial charge in [0.05, 0.1) is 0 Å². The highest BCUT2D eigenvalue weighted by atomic mass is 32.2. The number of nitrogens with zero attached hydrogens (tertiary/aromatic N) is 2. The summed E-state index contributed by atoms with van der Waals surface area (Å²) < 4.78 is 27.0. The van der Waals surface area contributed by atoms with Gasteiger partial charge in [-0.25, -0.2) is 13.4 Å². The zero-order valence-corrected chi connectivity index (χ0v) is 12.1. The Hall–Kier alpha value is -1.44. The van der Waals surface area contributed by atoms with E-state index in [0.29, 0.717) is 29.0 Å². The van der Waals surface area contributed by atoms with Crippen LogP contribution in [-0.4, -0.2) is 41.8 Å². The van der Waals surface area contributed by atoms with E-state index >= 15 is 0 Å². The van der Waals surface area contributed by atoms with Crippen LogP contribution >= 0.6 is 0 Å². The van der Waals surface area contributed by atoms with Crippen molar-refractivity contribution in [2.75, 3.05) is 13.1 Å². The Morgan fingerprint density at radius 3 is 3.05 bits per heavy atom. The summed E-state index contributed by atoms with van der Waals surface area (Å²) in [7, 11) is -3.48. The third-order valence-corrected chi connectivity index (χ3v) is 5.87. The van der Waals surface area contributed by atoms with Crippen molar-refractivity contribution >= 4 is 21.1 Å². The minimum atomic E-state index is -3.48. The standard InChI is InChI=1S/C13H18N4O2S/c1-9(14)10-4-6-17(8-10)20(18,19)12-7-16-13-11(12)3-2-5-15-13/h2-3,5,7,9-10H,4,6,8,14H2,1H3,(H,15,16). The fraction of sp³-hybridized carbons (Fsp3) is 0.462. The van der Waals surface area contributed by atoms with Crippen molar-refractivity contribution in [1.29, 1.82) is 0 Å². The van der Waals surface area contributed by atoms with Crippen molar-refractivity contribution in [2.24, 2.45) is 11.7 Å². The van der Waals surface area contributed by atoms with Gasteiger partial charge in [-0.05, 0) is 31.4 Å². The first-order valence-corrected chi connectivity index (χ1v) is 8.12. The third-order valence-electron chi connectivity index (χ3n) is 3.96. The molecular weight excluding hydrogens is 276 g/mol. The highest BCUT2D eigenvalue weighted by Gasteiger charge is 2.35. The maximum atomic E-state index is 12.7. The SMILES string of the molecule is CC(N)C1CCN(S(=O)(=O)c2c[nH]c3ncccc23)C1. The van der Waals surface area contributed by atoms with Gasteiger partial charge >= 0.3 is 0 Å². The summed E-state index contributed by atoms with van der Waals surface area (Å²) in [5.74, 6) is 0.230. The first-order chi connectivity index (χ1) is 9.50. The smallest absolute Gasteiger partial charge is 0.245 e. The van der Waals surface area contributed by atoms with Crippen molar-refractivity contribution in [2.45, 2.75) is 24.3 Å². The molecule has 20 heavy (non-hydrogen) atoms. The Morgan fingerprint density at radius 2 is 2.35 bits per heavy atom. The molecule has 2 aromatic rings. The Balaban J connectivity index is 1.97. The van der Waals surface area contributed by atoms with E-state index in [0.717, 1.165) is 6.42 Å². The van der Waals surface area contributed by atoms with E-state index in [1.54, 1.807) is 18.3 Å². The summed E-state index contributed by atoms with van der Waals surface area (Å²) in [6, 6.07) is 3.52. The van der Waals surface area contributed by atoms with E-state index in [1.165, 1.54) is 10.5 Å². The molecule has 3 heterocycles. The van der Waals surface area contributed by atoms with Crippen molar-refractivity contribution in [3.63, 3.8) is 0 Å². The Bertz CT molecular complexity index is 723. The molecule has 1 fully saturated rings. The Kier molecular flexibility index (Phi) is 3.27. The first kappa shape index (κ1) is 13.5. The lowest BCUT2D eigenvalue weighted by atomic mass is 10.0. The number of pyridine rings is 1. The topological polar surface area (TPSA) is 92.1 Å². The number of H-pyrrole nitrogens is 1. The predicted octanol–water partition coefficient (Wildman–Crippen LogP) is 0.921. The van der Waals surface area contributed by atoms with Crippen LogP contribution in [0.3, 0.4) is 0 Å². The largest absolute Gasteiger partial charge is 0.345 e. The lowest BCUT2D eigenvalue weighted by Gasteiger charge is -2.17. The molecule has 2 aromatic heterocycles. The average molecular weight is 294 g/mol. The van der Waals surface area contributed by atoms with Crippen LogP contribution in [0.4, 0.5) is 0 Å². The molecule has 0 amide bonds. The van der Waals surface area contributed by atoms with Gasteiger partial charge in [-0.1, -0.05) is 0 Å². The van der Waals surface area contributed by atoms with Gasteiger partial charge in [0, 0.05) is 36.9 Å². The van der Waals surface area contributed by atoms with Crippen LogP contribution in [0.1, 0.15) is 13.3 Å². The highest BCUT2D eigenvalue weighted by molar-refractivity contribution is 7.89. The van der Waals surface area contributed by atoms with Crippen molar-refractivity contribution < 1.29 is 8.42 Å². The molecule has 0 radical (unpaired) electrons. The number of nitrogens with one attached hydrogen (secondary N) is 1. The highest BCUT2D eigenvalue weighted by Crippen LogP contribution is 2.29. The van der Waals surface area contributed by atoms with Crippen molar-refractivity contribution in [3.05, 3.63) is 24.5 Å². The number of aromatic amines is 1. The number of hydrogen-bond donors (Lipinski definition) is 2. The van der Waals surface area contributed by atoms with Gasteiger partial charge in [0.25, 0.3) is 0 Å². The summed E-state index contributed by atoms with van der Waals surface area (Å²) >= 11 is 0. The molecule has 2 atom stereocenters. The summed E-state index contributed by atoms with van der Waals surface area (Å²) in [5.41, 5.74) is 6.47. The van der Waals surface area contributed by atoms with Crippen LogP contribution in [0, 0.1) is 5.92 Å². The fourth-order valence-electron chi connectivity index (χ4n) is 2.68. The van der Waals surface area contributed by atoms with Gasteiger partial charge in [0.1, 0.15) is 10.5 Å². The summed E-state index contributed by atoms with van der Waals surface area (Å²) in [5, 5.41) is 0.636. The molecule has 1 aliphatic rings. The van der Waals surface area contributed by atoms with Crippen LogP contribution < -0.4 is 5.73 Å². The van der Waals surface area contributed by atoms with E-state index in [2.05, 4.69) is 9.97 Å². The van der Waals surface area contributed by atoms with Crippen LogP contribution in [0.15, 0.2) is 29.4 Å². The quantitative estimate of drug-likeness (QED) is 0.880. The van der Waals surface area contributed by atoms with E-state index in [9.17, 15) is 8.42 Å². The van der Waals surface area contributed by atoms with Crippen LogP contribution in [0.2, 0.25) is 0 Å². The Morgan fingerprint density at radius 1 is 1.55 bits per heavy atom. The van der Waals surface area contributed by atoms with Gasteiger partial charge in [0.15, 0.2) is 0 Å².